The van der Waals surface area contributed by atoms with Crippen LogP contribution in [-0.4, -0.2) is 30.1 Å². The van der Waals surface area contributed by atoms with Gasteiger partial charge in [0.05, 0.1) is 10.6 Å². The SMILES string of the molecule is O=S(=O)(CCSc1nnc(Nc2ccc(F)cc2)s1)c1ccccc1. The zero-order valence-electron chi connectivity index (χ0n) is 12.9. The summed E-state index contributed by atoms with van der Waals surface area (Å²) in [6.07, 6.45) is 0. The van der Waals surface area contributed by atoms with Crippen LogP contribution in [0.25, 0.3) is 0 Å². The molecule has 3 aromatic rings. The lowest BCUT2D eigenvalue weighted by Gasteiger charge is -2.02. The summed E-state index contributed by atoms with van der Waals surface area (Å²) < 4.78 is 38.0. The third kappa shape index (κ3) is 5.00. The molecule has 0 fully saturated rings. The summed E-state index contributed by atoms with van der Waals surface area (Å²) in [6.45, 7) is 0. The Hall–Kier alpha value is -1.97. The molecule has 0 unspecified atom stereocenters. The van der Waals surface area contributed by atoms with Crippen molar-refractivity contribution in [3.63, 3.8) is 0 Å². The Morgan fingerprint density at radius 3 is 2.48 bits per heavy atom. The van der Waals surface area contributed by atoms with Crippen LogP contribution >= 0.6 is 23.1 Å². The Morgan fingerprint density at radius 2 is 1.76 bits per heavy atom. The van der Waals surface area contributed by atoms with Crippen LogP contribution in [0.5, 0.6) is 0 Å². The normalized spacial score (nSPS) is 11.4. The largest absolute Gasteiger partial charge is 0.330 e. The molecular weight excluding hydrogens is 381 g/mol. The summed E-state index contributed by atoms with van der Waals surface area (Å²) in [6, 6.07) is 14.3. The molecule has 0 radical (unpaired) electrons. The number of hydrogen-bond acceptors (Lipinski definition) is 7. The van der Waals surface area contributed by atoms with Gasteiger partial charge in [0, 0.05) is 11.4 Å². The second kappa shape index (κ2) is 7.94. The number of thioether (sulfide) groups is 1. The smallest absolute Gasteiger partial charge is 0.210 e. The minimum absolute atomic E-state index is 0.0297. The first-order chi connectivity index (χ1) is 12.0. The Bertz CT molecular complexity index is 929. The monoisotopic (exact) mass is 395 g/mol. The fourth-order valence-electron chi connectivity index (χ4n) is 1.96. The van der Waals surface area contributed by atoms with Crippen molar-refractivity contribution in [2.75, 3.05) is 16.8 Å². The van der Waals surface area contributed by atoms with Crippen LogP contribution < -0.4 is 5.32 Å². The molecule has 2 aromatic carbocycles. The van der Waals surface area contributed by atoms with Crippen molar-refractivity contribution in [3.05, 3.63) is 60.4 Å². The molecule has 1 N–H and O–H groups in total. The quantitative estimate of drug-likeness (QED) is 0.610. The molecule has 0 saturated heterocycles. The van der Waals surface area contributed by atoms with Crippen molar-refractivity contribution in [2.24, 2.45) is 0 Å². The van der Waals surface area contributed by atoms with E-state index in [-0.39, 0.29) is 11.6 Å². The molecule has 25 heavy (non-hydrogen) atoms. The highest BCUT2D eigenvalue weighted by atomic mass is 32.2. The van der Waals surface area contributed by atoms with Crippen LogP contribution in [0.15, 0.2) is 63.8 Å². The maximum atomic E-state index is 12.9. The maximum Gasteiger partial charge on any atom is 0.210 e. The molecule has 0 bridgehead atoms. The average Bonchev–Trinajstić information content (AvgIpc) is 3.05. The molecular formula is C16H14FN3O2S3. The van der Waals surface area contributed by atoms with E-state index in [0.717, 1.165) is 0 Å². The predicted molar refractivity (Wildman–Crippen MR) is 98.8 cm³/mol. The van der Waals surface area contributed by atoms with Crippen molar-refractivity contribution in [1.82, 2.24) is 10.2 Å². The van der Waals surface area contributed by atoms with Crippen LogP contribution in [0.2, 0.25) is 0 Å². The number of anilines is 2. The van der Waals surface area contributed by atoms with Gasteiger partial charge in [-0.3, -0.25) is 0 Å². The van der Waals surface area contributed by atoms with Crippen LogP contribution in [0.1, 0.15) is 0 Å². The molecule has 0 aliphatic rings. The second-order valence-electron chi connectivity index (χ2n) is 4.99. The zero-order valence-corrected chi connectivity index (χ0v) is 15.4. The number of benzene rings is 2. The van der Waals surface area contributed by atoms with Gasteiger partial charge < -0.3 is 5.32 Å². The van der Waals surface area contributed by atoms with Gasteiger partial charge in [-0.2, -0.15) is 0 Å². The Morgan fingerprint density at radius 1 is 1.04 bits per heavy atom. The second-order valence-corrected chi connectivity index (χ2v) is 9.41. The lowest BCUT2D eigenvalue weighted by atomic mass is 10.3. The summed E-state index contributed by atoms with van der Waals surface area (Å²) in [5, 5.41) is 11.6. The van der Waals surface area contributed by atoms with Gasteiger partial charge in [-0.05, 0) is 36.4 Å². The summed E-state index contributed by atoms with van der Waals surface area (Å²) >= 11 is 2.66. The zero-order chi connectivity index (χ0) is 17.7. The fourth-order valence-corrected chi connectivity index (χ4v) is 5.47. The highest BCUT2D eigenvalue weighted by molar-refractivity contribution is 8.02. The van der Waals surface area contributed by atoms with Crippen molar-refractivity contribution in [2.45, 2.75) is 9.24 Å². The van der Waals surface area contributed by atoms with E-state index in [1.807, 2.05) is 0 Å². The van der Waals surface area contributed by atoms with E-state index in [1.165, 1.54) is 35.2 Å². The number of aromatic nitrogens is 2. The molecule has 5 nitrogen and oxygen atoms in total. The number of halogens is 1. The van der Waals surface area contributed by atoms with Gasteiger partial charge >= 0.3 is 0 Å². The van der Waals surface area contributed by atoms with Crippen molar-refractivity contribution in [1.29, 1.82) is 0 Å². The van der Waals surface area contributed by atoms with Gasteiger partial charge in [0.2, 0.25) is 5.13 Å². The highest BCUT2D eigenvalue weighted by Crippen LogP contribution is 2.28. The van der Waals surface area contributed by atoms with Gasteiger partial charge in [-0.1, -0.05) is 41.3 Å². The summed E-state index contributed by atoms with van der Waals surface area (Å²) in [5.74, 6) is 0.114. The van der Waals surface area contributed by atoms with E-state index in [0.29, 0.717) is 25.8 Å². The standard InChI is InChI=1S/C16H14FN3O2S3/c17-12-6-8-13(9-7-12)18-15-19-20-16(24-15)23-10-11-25(21,22)14-4-2-1-3-5-14/h1-9H,10-11H2,(H,18,19). The molecule has 1 aromatic heterocycles. The Balaban J connectivity index is 1.54. The van der Waals surface area contributed by atoms with E-state index in [4.69, 9.17) is 0 Å². The lowest BCUT2D eigenvalue weighted by molar-refractivity contribution is 0.597. The van der Waals surface area contributed by atoms with Crippen molar-refractivity contribution < 1.29 is 12.8 Å². The first kappa shape index (κ1) is 17.8. The van der Waals surface area contributed by atoms with E-state index < -0.39 is 9.84 Å². The van der Waals surface area contributed by atoms with Crippen molar-refractivity contribution >= 4 is 43.8 Å². The average molecular weight is 396 g/mol. The van der Waals surface area contributed by atoms with E-state index in [2.05, 4.69) is 15.5 Å². The first-order valence-electron chi connectivity index (χ1n) is 7.30. The summed E-state index contributed by atoms with van der Waals surface area (Å²) in [4.78, 5) is 0.325. The van der Waals surface area contributed by atoms with Gasteiger partial charge in [0.15, 0.2) is 14.2 Å². The van der Waals surface area contributed by atoms with Crippen LogP contribution in [0, 0.1) is 5.82 Å². The molecule has 0 spiro atoms. The van der Waals surface area contributed by atoms with Crippen LogP contribution in [0.3, 0.4) is 0 Å². The molecule has 0 aliphatic carbocycles. The van der Waals surface area contributed by atoms with E-state index >= 15 is 0 Å². The highest BCUT2D eigenvalue weighted by Gasteiger charge is 2.14. The van der Waals surface area contributed by atoms with Gasteiger partial charge in [-0.25, -0.2) is 12.8 Å². The minimum Gasteiger partial charge on any atom is -0.330 e. The van der Waals surface area contributed by atoms with E-state index in [9.17, 15) is 12.8 Å². The Kier molecular flexibility index (Phi) is 5.67. The minimum atomic E-state index is -3.29. The maximum absolute atomic E-state index is 12.9. The number of rotatable bonds is 7. The molecule has 130 valence electrons. The number of hydrogen-bond donors (Lipinski definition) is 1. The summed E-state index contributed by atoms with van der Waals surface area (Å²) in [7, 11) is -3.29. The summed E-state index contributed by atoms with van der Waals surface area (Å²) in [5.41, 5.74) is 0.709. The molecule has 1 heterocycles. The third-order valence-electron chi connectivity index (χ3n) is 3.18. The molecule has 9 heteroatoms. The molecule has 0 saturated carbocycles. The van der Waals surface area contributed by atoms with Crippen LogP contribution in [-0.2, 0) is 9.84 Å². The third-order valence-corrected chi connectivity index (χ3v) is 7.15. The predicted octanol–water partition coefficient (Wildman–Crippen LogP) is 3.99. The molecule has 3 rings (SSSR count). The number of nitrogens with one attached hydrogen (secondary N) is 1. The molecule has 0 atom stereocenters. The van der Waals surface area contributed by atoms with Gasteiger partial charge in [0.1, 0.15) is 5.82 Å². The van der Waals surface area contributed by atoms with Crippen LogP contribution in [0.4, 0.5) is 15.2 Å². The number of nitrogens with zero attached hydrogens (tertiary/aromatic N) is 2. The Labute approximate surface area is 153 Å². The number of sulfone groups is 1. The van der Waals surface area contributed by atoms with E-state index in [1.54, 1.807) is 42.5 Å². The van der Waals surface area contributed by atoms with Gasteiger partial charge in [0.25, 0.3) is 0 Å². The fraction of sp³-hybridized carbons (Fsp3) is 0.125. The van der Waals surface area contributed by atoms with Gasteiger partial charge in [-0.15, -0.1) is 10.2 Å². The molecule has 0 amide bonds. The van der Waals surface area contributed by atoms with Crippen molar-refractivity contribution in [3.8, 4) is 0 Å². The lowest BCUT2D eigenvalue weighted by Crippen LogP contribution is -2.08. The topological polar surface area (TPSA) is 72.0 Å². The first-order valence-corrected chi connectivity index (χ1v) is 10.7. The molecule has 0 aliphatic heterocycles.